The molecule has 0 saturated heterocycles. The summed E-state index contributed by atoms with van der Waals surface area (Å²) in [5.74, 6) is 0.117. The molecule has 4 rings (SSSR count). The van der Waals surface area contributed by atoms with Gasteiger partial charge in [0, 0.05) is 5.56 Å². The van der Waals surface area contributed by atoms with Crippen LogP contribution in [-0.4, -0.2) is 10.1 Å². The standard InChI is InChI=1S/C23H19N3O/c24-16-22(19-13-7-8-14-23(19)27)26-21(18-11-5-2-6-12-18)15-20(25-26)17-9-3-1-4-10-17/h1-15,21-22,25,27H/t21-,22-/m0/s1. The summed E-state index contributed by atoms with van der Waals surface area (Å²) in [7, 11) is 0. The van der Waals surface area contributed by atoms with Gasteiger partial charge in [0.2, 0.25) is 0 Å². The van der Waals surface area contributed by atoms with Crippen LogP contribution in [0.5, 0.6) is 5.75 Å². The van der Waals surface area contributed by atoms with Gasteiger partial charge >= 0.3 is 0 Å². The van der Waals surface area contributed by atoms with E-state index >= 15 is 0 Å². The van der Waals surface area contributed by atoms with Gasteiger partial charge in [-0.15, -0.1) is 0 Å². The molecule has 1 aliphatic rings. The van der Waals surface area contributed by atoms with Crippen LogP contribution in [0.3, 0.4) is 0 Å². The Hall–Kier alpha value is -3.55. The maximum atomic E-state index is 10.3. The van der Waals surface area contributed by atoms with Crippen molar-refractivity contribution >= 4 is 5.70 Å². The molecule has 0 aromatic heterocycles. The minimum absolute atomic E-state index is 0.117. The summed E-state index contributed by atoms with van der Waals surface area (Å²) in [4.78, 5) is 0. The maximum absolute atomic E-state index is 10.3. The second kappa shape index (κ2) is 7.36. The van der Waals surface area contributed by atoms with Crippen LogP contribution >= 0.6 is 0 Å². The number of nitrogens with zero attached hydrogens (tertiary/aromatic N) is 2. The number of hydrogen-bond acceptors (Lipinski definition) is 4. The van der Waals surface area contributed by atoms with E-state index in [4.69, 9.17) is 0 Å². The number of rotatable bonds is 4. The second-order valence-corrected chi connectivity index (χ2v) is 6.41. The zero-order valence-electron chi connectivity index (χ0n) is 14.7. The third kappa shape index (κ3) is 3.29. The smallest absolute Gasteiger partial charge is 0.145 e. The molecular weight excluding hydrogens is 334 g/mol. The van der Waals surface area contributed by atoms with Gasteiger partial charge in [-0.2, -0.15) is 10.3 Å². The molecule has 4 nitrogen and oxygen atoms in total. The van der Waals surface area contributed by atoms with Crippen molar-refractivity contribution in [1.29, 1.82) is 5.26 Å². The third-order valence-corrected chi connectivity index (χ3v) is 4.73. The molecule has 132 valence electrons. The zero-order chi connectivity index (χ0) is 18.6. The van der Waals surface area contributed by atoms with E-state index in [2.05, 4.69) is 17.6 Å². The summed E-state index contributed by atoms with van der Waals surface area (Å²) in [6, 6.07) is 28.6. The van der Waals surface area contributed by atoms with E-state index < -0.39 is 6.04 Å². The molecule has 27 heavy (non-hydrogen) atoms. The first-order valence-corrected chi connectivity index (χ1v) is 8.82. The Labute approximate surface area is 158 Å². The maximum Gasteiger partial charge on any atom is 0.145 e. The summed E-state index contributed by atoms with van der Waals surface area (Å²) < 4.78 is 0. The van der Waals surface area contributed by atoms with Gasteiger partial charge in [0.15, 0.2) is 0 Å². The van der Waals surface area contributed by atoms with E-state index in [-0.39, 0.29) is 11.8 Å². The number of aromatic hydroxyl groups is 1. The number of benzene rings is 3. The normalized spacial score (nSPS) is 17.6. The quantitative estimate of drug-likeness (QED) is 0.722. The highest BCUT2D eigenvalue weighted by molar-refractivity contribution is 5.66. The van der Waals surface area contributed by atoms with E-state index in [0.29, 0.717) is 5.56 Å². The molecule has 1 heterocycles. The summed E-state index contributed by atoms with van der Waals surface area (Å²) in [6.45, 7) is 0. The van der Waals surface area contributed by atoms with Crippen molar-refractivity contribution in [1.82, 2.24) is 10.4 Å². The number of phenols is 1. The van der Waals surface area contributed by atoms with Crippen molar-refractivity contribution in [3.05, 3.63) is 108 Å². The molecule has 2 atom stereocenters. The molecule has 0 unspecified atom stereocenters. The molecule has 1 aliphatic heterocycles. The number of nitrogens with one attached hydrogen (secondary N) is 1. The minimum atomic E-state index is -0.645. The molecule has 0 saturated carbocycles. The van der Waals surface area contributed by atoms with Gasteiger partial charge in [-0.3, -0.25) is 0 Å². The zero-order valence-corrected chi connectivity index (χ0v) is 14.7. The first-order valence-electron chi connectivity index (χ1n) is 8.82. The Morgan fingerprint density at radius 3 is 2.19 bits per heavy atom. The number of hydrazine groups is 1. The lowest BCUT2D eigenvalue weighted by Crippen LogP contribution is -2.37. The highest BCUT2D eigenvalue weighted by atomic mass is 16.3. The van der Waals surface area contributed by atoms with Crippen LogP contribution in [0, 0.1) is 11.3 Å². The van der Waals surface area contributed by atoms with Crippen LogP contribution in [0.25, 0.3) is 5.70 Å². The summed E-state index contributed by atoms with van der Waals surface area (Å²) in [6.07, 6.45) is 2.12. The SMILES string of the molecule is N#C[C@@H](c1ccccc1O)N1NC(c2ccccc2)=C[C@H]1c1ccccc1. The van der Waals surface area contributed by atoms with E-state index in [0.717, 1.165) is 16.8 Å². The summed E-state index contributed by atoms with van der Waals surface area (Å²) in [5.41, 5.74) is 7.04. The van der Waals surface area contributed by atoms with Gasteiger partial charge in [-0.25, -0.2) is 0 Å². The molecule has 0 bridgehead atoms. The molecule has 0 aliphatic carbocycles. The third-order valence-electron chi connectivity index (χ3n) is 4.73. The Morgan fingerprint density at radius 1 is 0.889 bits per heavy atom. The van der Waals surface area contributed by atoms with Gasteiger partial charge in [-0.1, -0.05) is 78.9 Å². The molecule has 0 spiro atoms. The lowest BCUT2D eigenvalue weighted by Gasteiger charge is -2.30. The fraction of sp³-hybridized carbons (Fsp3) is 0.0870. The van der Waals surface area contributed by atoms with Crippen molar-refractivity contribution in [3.8, 4) is 11.8 Å². The topological polar surface area (TPSA) is 59.3 Å². The predicted molar refractivity (Wildman–Crippen MR) is 105 cm³/mol. The van der Waals surface area contributed by atoms with Crippen LogP contribution in [0.15, 0.2) is 91.0 Å². The molecule has 3 aromatic rings. The summed E-state index contributed by atoms with van der Waals surface area (Å²) in [5, 5.41) is 22.1. The van der Waals surface area contributed by atoms with Crippen LogP contribution < -0.4 is 5.43 Å². The van der Waals surface area contributed by atoms with E-state index in [1.54, 1.807) is 18.2 Å². The van der Waals surface area contributed by atoms with E-state index in [1.807, 2.05) is 71.7 Å². The van der Waals surface area contributed by atoms with Crippen LogP contribution in [0.4, 0.5) is 0 Å². The van der Waals surface area contributed by atoms with Crippen molar-refractivity contribution in [3.63, 3.8) is 0 Å². The lowest BCUT2D eigenvalue weighted by molar-refractivity contribution is 0.167. The molecule has 2 N–H and O–H groups in total. The highest BCUT2D eigenvalue weighted by Crippen LogP contribution is 2.38. The Bertz CT molecular complexity index is 993. The fourth-order valence-corrected chi connectivity index (χ4v) is 3.40. The fourth-order valence-electron chi connectivity index (χ4n) is 3.40. The van der Waals surface area contributed by atoms with Crippen molar-refractivity contribution in [2.24, 2.45) is 0 Å². The van der Waals surface area contributed by atoms with Gasteiger partial charge in [0.25, 0.3) is 0 Å². The largest absolute Gasteiger partial charge is 0.508 e. The summed E-state index contributed by atoms with van der Waals surface area (Å²) >= 11 is 0. The van der Waals surface area contributed by atoms with Crippen molar-refractivity contribution < 1.29 is 5.11 Å². The van der Waals surface area contributed by atoms with E-state index in [9.17, 15) is 10.4 Å². The molecular formula is C23H19N3O. The Kier molecular flexibility index (Phi) is 4.61. The average Bonchev–Trinajstić information content (AvgIpc) is 3.16. The van der Waals surface area contributed by atoms with Crippen LogP contribution in [0.2, 0.25) is 0 Å². The average molecular weight is 353 g/mol. The Balaban J connectivity index is 1.77. The van der Waals surface area contributed by atoms with Gasteiger partial charge in [0.1, 0.15) is 11.8 Å². The molecule has 3 aromatic carbocycles. The van der Waals surface area contributed by atoms with Crippen LogP contribution in [-0.2, 0) is 0 Å². The van der Waals surface area contributed by atoms with Gasteiger partial charge < -0.3 is 10.5 Å². The lowest BCUT2D eigenvalue weighted by atomic mass is 10.0. The number of phenolic OH excluding ortho intramolecular Hbond substituents is 1. The Morgan fingerprint density at radius 2 is 1.52 bits per heavy atom. The predicted octanol–water partition coefficient (Wildman–Crippen LogP) is 4.56. The number of hydrogen-bond donors (Lipinski definition) is 2. The van der Waals surface area contributed by atoms with Gasteiger partial charge in [-0.05, 0) is 23.3 Å². The second-order valence-electron chi connectivity index (χ2n) is 6.41. The van der Waals surface area contributed by atoms with Crippen LogP contribution in [0.1, 0.15) is 28.8 Å². The highest BCUT2D eigenvalue weighted by Gasteiger charge is 2.34. The monoisotopic (exact) mass is 353 g/mol. The first kappa shape index (κ1) is 16.9. The molecule has 0 radical (unpaired) electrons. The van der Waals surface area contributed by atoms with Crippen molar-refractivity contribution in [2.75, 3.05) is 0 Å². The molecule has 0 fully saturated rings. The van der Waals surface area contributed by atoms with E-state index in [1.165, 1.54) is 0 Å². The van der Waals surface area contributed by atoms with Crippen molar-refractivity contribution in [2.45, 2.75) is 12.1 Å². The van der Waals surface area contributed by atoms with Gasteiger partial charge in [0.05, 0.1) is 17.8 Å². The first-order chi connectivity index (χ1) is 13.3. The number of nitriles is 1. The minimum Gasteiger partial charge on any atom is -0.508 e. The molecule has 4 heteroatoms. The number of para-hydroxylation sites is 1. The molecule has 0 amide bonds.